The highest BCUT2D eigenvalue weighted by Crippen LogP contribution is 2.31. The molecule has 3 rings (SSSR count). The number of benzene rings is 1. The highest BCUT2D eigenvalue weighted by Gasteiger charge is 2.26. The second-order valence-corrected chi connectivity index (χ2v) is 8.29. The molecule has 0 unspecified atom stereocenters. The number of carbonyl (C=O) groups is 1. The van der Waals surface area contributed by atoms with Crippen LogP contribution in [0.15, 0.2) is 18.2 Å². The normalized spacial score (nSPS) is 16.1. The number of thiazole rings is 1. The number of methoxy groups -OCH3 is 1. The summed E-state index contributed by atoms with van der Waals surface area (Å²) < 4.78 is 12.4. The van der Waals surface area contributed by atoms with Crippen molar-refractivity contribution in [1.82, 2.24) is 15.2 Å². The number of piperidine rings is 1. The summed E-state index contributed by atoms with van der Waals surface area (Å²) in [5.41, 5.74) is 0.674. The molecular formula is C18H25N3O3S. The van der Waals surface area contributed by atoms with Gasteiger partial charge in [0.05, 0.1) is 17.3 Å². The lowest BCUT2D eigenvalue weighted by atomic mass is 10.1. The maximum Gasteiger partial charge on any atom is 0.317 e. The van der Waals surface area contributed by atoms with E-state index in [1.165, 1.54) is 0 Å². The zero-order chi connectivity index (χ0) is 18.0. The van der Waals surface area contributed by atoms with Gasteiger partial charge in [-0.3, -0.25) is 0 Å². The number of nitrogens with one attached hydrogen (secondary N) is 1. The van der Waals surface area contributed by atoms with Crippen LogP contribution in [0.4, 0.5) is 4.79 Å². The van der Waals surface area contributed by atoms with Gasteiger partial charge in [-0.05, 0) is 32.9 Å². The Morgan fingerprint density at radius 2 is 2.04 bits per heavy atom. The molecule has 1 aromatic heterocycles. The second kappa shape index (κ2) is 7.07. The lowest BCUT2D eigenvalue weighted by Gasteiger charge is -2.33. The second-order valence-electron chi connectivity index (χ2n) is 7.30. The first-order chi connectivity index (χ1) is 11.8. The third-order valence-electron chi connectivity index (χ3n) is 4.05. The van der Waals surface area contributed by atoms with Crippen molar-refractivity contribution >= 4 is 27.6 Å². The van der Waals surface area contributed by atoms with E-state index >= 15 is 0 Å². The van der Waals surface area contributed by atoms with Gasteiger partial charge >= 0.3 is 6.03 Å². The van der Waals surface area contributed by atoms with Gasteiger partial charge in [0, 0.05) is 37.5 Å². The molecule has 1 aromatic carbocycles. The van der Waals surface area contributed by atoms with Crippen molar-refractivity contribution in [2.75, 3.05) is 20.2 Å². The number of aromatic nitrogens is 1. The van der Waals surface area contributed by atoms with Gasteiger partial charge in [0.15, 0.2) is 0 Å². The molecule has 0 saturated carbocycles. The van der Waals surface area contributed by atoms with Gasteiger partial charge < -0.3 is 19.7 Å². The summed E-state index contributed by atoms with van der Waals surface area (Å²) in [7, 11) is 1.65. The number of nitrogens with zero attached hydrogens (tertiary/aromatic N) is 2. The van der Waals surface area contributed by atoms with Crippen molar-refractivity contribution in [3.05, 3.63) is 18.2 Å². The van der Waals surface area contributed by atoms with E-state index in [1.807, 2.05) is 43.9 Å². The van der Waals surface area contributed by atoms with Crippen molar-refractivity contribution in [2.45, 2.75) is 45.3 Å². The number of amides is 2. The molecule has 0 atom stereocenters. The Bertz CT molecular complexity index is 746. The summed E-state index contributed by atoms with van der Waals surface area (Å²) in [6.45, 7) is 7.37. The summed E-state index contributed by atoms with van der Waals surface area (Å²) in [5, 5.41) is 3.69. The molecule has 7 heteroatoms. The van der Waals surface area contributed by atoms with Gasteiger partial charge in [-0.1, -0.05) is 11.3 Å². The molecule has 136 valence electrons. The van der Waals surface area contributed by atoms with E-state index in [9.17, 15) is 4.79 Å². The summed E-state index contributed by atoms with van der Waals surface area (Å²) in [6, 6.07) is 5.84. The lowest BCUT2D eigenvalue weighted by Crippen LogP contribution is -2.51. The van der Waals surface area contributed by atoms with E-state index in [0.29, 0.717) is 18.3 Å². The fourth-order valence-corrected chi connectivity index (χ4v) is 3.64. The first-order valence-electron chi connectivity index (χ1n) is 8.52. The average Bonchev–Trinajstić information content (AvgIpc) is 2.95. The molecule has 2 amide bonds. The number of carbonyl (C=O) groups excluding carboxylic acids is 1. The van der Waals surface area contributed by atoms with E-state index in [1.54, 1.807) is 18.4 Å². The van der Waals surface area contributed by atoms with E-state index in [4.69, 9.17) is 9.47 Å². The van der Waals surface area contributed by atoms with E-state index in [0.717, 1.165) is 28.8 Å². The van der Waals surface area contributed by atoms with Crippen molar-refractivity contribution in [3.8, 4) is 10.9 Å². The molecule has 2 heterocycles. The summed E-state index contributed by atoms with van der Waals surface area (Å²) in [5.74, 6) is 0.794. The number of hydrogen-bond acceptors (Lipinski definition) is 5. The van der Waals surface area contributed by atoms with Crippen molar-refractivity contribution in [1.29, 1.82) is 0 Å². The Morgan fingerprint density at radius 3 is 2.68 bits per heavy atom. The van der Waals surface area contributed by atoms with Crippen LogP contribution in [-0.4, -0.2) is 47.8 Å². The van der Waals surface area contributed by atoms with Crippen molar-refractivity contribution in [2.24, 2.45) is 0 Å². The number of hydrogen-bond donors (Lipinski definition) is 1. The van der Waals surface area contributed by atoms with E-state index in [-0.39, 0.29) is 17.7 Å². The van der Waals surface area contributed by atoms with Crippen LogP contribution in [0.2, 0.25) is 0 Å². The Morgan fingerprint density at radius 1 is 1.32 bits per heavy atom. The monoisotopic (exact) mass is 363 g/mol. The van der Waals surface area contributed by atoms with Crippen LogP contribution in [-0.2, 0) is 0 Å². The topological polar surface area (TPSA) is 63.7 Å². The van der Waals surface area contributed by atoms with Gasteiger partial charge in [0.1, 0.15) is 11.9 Å². The van der Waals surface area contributed by atoms with Crippen molar-refractivity contribution < 1.29 is 14.3 Å². The highest BCUT2D eigenvalue weighted by molar-refractivity contribution is 7.20. The van der Waals surface area contributed by atoms with Crippen LogP contribution in [0.5, 0.6) is 10.9 Å². The molecule has 2 aromatic rings. The molecule has 0 bridgehead atoms. The van der Waals surface area contributed by atoms with Crippen LogP contribution < -0.4 is 14.8 Å². The van der Waals surface area contributed by atoms with Gasteiger partial charge in [-0.2, -0.15) is 0 Å². The number of fused-ring (bicyclic) bond motifs is 1. The average molecular weight is 363 g/mol. The quantitative estimate of drug-likeness (QED) is 0.904. The molecule has 1 aliphatic heterocycles. The van der Waals surface area contributed by atoms with Gasteiger partial charge in [0.2, 0.25) is 0 Å². The van der Waals surface area contributed by atoms with Crippen LogP contribution in [0.3, 0.4) is 0 Å². The first kappa shape index (κ1) is 17.8. The largest absolute Gasteiger partial charge is 0.497 e. The minimum Gasteiger partial charge on any atom is -0.497 e. The van der Waals surface area contributed by atoms with E-state index in [2.05, 4.69) is 10.3 Å². The maximum absolute atomic E-state index is 12.2. The molecule has 6 nitrogen and oxygen atoms in total. The van der Waals surface area contributed by atoms with Gasteiger partial charge in [0.25, 0.3) is 5.19 Å². The molecule has 0 radical (unpaired) electrons. The standard InChI is InChI=1S/C18H25N3O3S/c1-18(2,3)20-16(22)21-9-7-12(8-10-21)24-17-19-14-11-13(23-4)5-6-15(14)25-17/h5-6,11-12H,7-10H2,1-4H3,(H,20,22). The molecule has 0 spiro atoms. The Balaban J connectivity index is 1.56. The van der Waals surface area contributed by atoms with Crippen LogP contribution >= 0.6 is 11.3 Å². The van der Waals surface area contributed by atoms with Crippen LogP contribution in [0, 0.1) is 0 Å². The SMILES string of the molecule is COc1ccc2sc(OC3CCN(C(=O)NC(C)(C)C)CC3)nc2c1. The Hall–Kier alpha value is -2.02. The minimum atomic E-state index is -0.216. The first-order valence-corrected chi connectivity index (χ1v) is 9.34. The Labute approximate surface area is 152 Å². The number of likely N-dealkylation sites (tertiary alicyclic amines) is 1. The maximum atomic E-state index is 12.2. The van der Waals surface area contributed by atoms with E-state index < -0.39 is 0 Å². The van der Waals surface area contributed by atoms with Crippen LogP contribution in [0.1, 0.15) is 33.6 Å². The fourth-order valence-electron chi connectivity index (χ4n) is 2.78. The zero-order valence-electron chi connectivity index (χ0n) is 15.2. The summed E-state index contributed by atoms with van der Waals surface area (Å²) in [4.78, 5) is 18.6. The summed E-state index contributed by atoms with van der Waals surface area (Å²) >= 11 is 1.54. The molecule has 25 heavy (non-hydrogen) atoms. The fraction of sp³-hybridized carbons (Fsp3) is 0.556. The molecule has 1 N–H and O–H groups in total. The minimum absolute atomic E-state index is 0.00182. The third kappa shape index (κ3) is 4.54. The smallest absolute Gasteiger partial charge is 0.317 e. The molecule has 0 aliphatic carbocycles. The predicted octanol–water partition coefficient (Wildman–Crippen LogP) is 3.66. The van der Waals surface area contributed by atoms with Gasteiger partial charge in [-0.15, -0.1) is 0 Å². The third-order valence-corrected chi connectivity index (χ3v) is 4.98. The molecule has 1 aliphatic rings. The molecular weight excluding hydrogens is 338 g/mol. The number of urea groups is 1. The number of rotatable bonds is 3. The lowest BCUT2D eigenvalue weighted by molar-refractivity contribution is 0.108. The molecule has 1 fully saturated rings. The summed E-state index contributed by atoms with van der Waals surface area (Å²) in [6.07, 6.45) is 1.73. The Kier molecular flexibility index (Phi) is 5.03. The highest BCUT2D eigenvalue weighted by atomic mass is 32.1. The van der Waals surface area contributed by atoms with Crippen molar-refractivity contribution in [3.63, 3.8) is 0 Å². The number of ether oxygens (including phenoxy) is 2. The zero-order valence-corrected chi connectivity index (χ0v) is 16.0. The molecule has 1 saturated heterocycles. The van der Waals surface area contributed by atoms with Crippen LogP contribution in [0.25, 0.3) is 10.2 Å². The predicted molar refractivity (Wildman–Crippen MR) is 99.7 cm³/mol. The van der Waals surface area contributed by atoms with Gasteiger partial charge in [-0.25, -0.2) is 9.78 Å².